The number of methoxy groups -OCH3 is 1. The highest BCUT2D eigenvalue weighted by Crippen LogP contribution is 2.29. The Morgan fingerprint density at radius 2 is 1.97 bits per heavy atom. The first-order chi connectivity index (χ1) is 15.1. The molecule has 1 saturated heterocycles. The van der Waals surface area contributed by atoms with Gasteiger partial charge in [-0.3, -0.25) is 14.8 Å². The first-order valence-electron chi connectivity index (χ1n) is 11.2. The molecular weight excluding hydrogens is 388 g/mol. The predicted octanol–water partition coefficient (Wildman–Crippen LogP) is 4.32. The van der Waals surface area contributed by atoms with Crippen LogP contribution in [0.1, 0.15) is 32.3 Å². The minimum atomic E-state index is 0.0969. The van der Waals surface area contributed by atoms with Gasteiger partial charge in [0.15, 0.2) is 0 Å². The van der Waals surface area contributed by atoms with Gasteiger partial charge in [0.2, 0.25) is 5.91 Å². The summed E-state index contributed by atoms with van der Waals surface area (Å²) in [6, 6.07) is 12.6. The highest BCUT2D eigenvalue weighted by atomic mass is 16.5. The van der Waals surface area contributed by atoms with Crippen LogP contribution in [0.4, 0.5) is 0 Å². The van der Waals surface area contributed by atoms with Crippen molar-refractivity contribution in [3.8, 4) is 17.0 Å². The van der Waals surface area contributed by atoms with Crippen LogP contribution in [0.15, 0.2) is 42.6 Å². The van der Waals surface area contributed by atoms with Gasteiger partial charge in [-0.2, -0.15) is 5.10 Å². The molecule has 4 rings (SSSR count). The van der Waals surface area contributed by atoms with Crippen LogP contribution < -0.4 is 4.74 Å². The lowest BCUT2D eigenvalue weighted by atomic mass is 9.95. The van der Waals surface area contributed by atoms with Crippen LogP contribution in [0.2, 0.25) is 0 Å². The van der Waals surface area contributed by atoms with E-state index in [4.69, 9.17) is 4.74 Å². The number of rotatable bonds is 7. The number of H-pyrrole nitrogens is 1. The van der Waals surface area contributed by atoms with Crippen molar-refractivity contribution in [2.45, 2.75) is 33.2 Å². The number of aromatic amines is 1. The summed E-state index contributed by atoms with van der Waals surface area (Å²) < 4.78 is 5.33. The fourth-order valence-corrected chi connectivity index (χ4v) is 4.62. The zero-order valence-electron chi connectivity index (χ0n) is 18.7. The smallest absolute Gasteiger partial charge is 0.226 e. The molecule has 0 spiro atoms. The maximum absolute atomic E-state index is 12.8. The van der Waals surface area contributed by atoms with Crippen LogP contribution in [0.3, 0.4) is 0 Å². The van der Waals surface area contributed by atoms with Gasteiger partial charge in [0, 0.05) is 37.3 Å². The summed E-state index contributed by atoms with van der Waals surface area (Å²) in [6.45, 7) is 8.31. The lowest BCUT2D eigenvalue weighted by Gasteiger charge is -2.34. The first kappa shape index (κ1) is 21.4. The minimum Gasteiger partial charge on any atom is -0.497 e. The van der Waals surface area contributed by atoms with E-state index >= 15 is 0 Å². The van der Waals surface area contributed by atoms with E-state index in [0.29, 0.717) is 5.91 Å². The summed E-state index contributed by atoms with van der Waals surface area (Å²) in [6.07, 6.45) is 3.96. The molecule has 6 nitrogen and oxygen atoms in total. The number of aromatic nitrogens is 2. The van der Waals surface area contributed by atoms with E-state index in [0.717, 1.165) is 68.0 Å². The zero-order chi connectivity index (χ0) is 21.8. The number of piperidine rings is 1. The maximum atomic E-state index is 12.8. The third-order valence-electron chi connectivity index (χ3n) is 6.38. The number of carbonyl (C=O) groups excluding carboxylic acids is 1. The topological polar surface area (TPSA) is 61.5 Å². The van der Waals surface area contributed by atoms with Gasteiger partial charge >= 0.3 is 0 Å². The molecule has 0 bridgehead atoms. The Balaban J connectivity index is 1.51. The van der Waals surface area contributed by atoms with Crippen LogP contribution in [0, 0.1) is 5.92 Å². The van der Waals surface area contributed by atoms with E-state index in [2.05, 4.69) is 53.2 Å². The number of benzene rings is 2. The summed E-state index contributed by atoms with van der Waals surface area (Å²) >= 11 is 0. The molecule has 2 heterocycles. The van der Waals surface area contributed by atoms with Crippen molar-refractivity contribution in [1.29, 1.82) is 0 Å². The number of carbonyl (C=O) groups is 1. The standard InChI is InChI=1S/C25H32N4O2/c1-4-29(5-2)25(30)21-7-6-12-28(16-21)17-22-15-26-27-24(22)20-9-8-19-14-23(31-3)11-10-18(19)13-20/h8-11,13-15,21H,4-7,12,16-17H2,1-3H3,(H,26,27)/t21-/m1/s1. The Morgan fingerprint density at radius 3 is 2.74 bits per heavy atom. The largest absolute Gasteiger partial charge is 0.497 e. The number of hydrogen-bond acceptors (Lipinski definition) is 4. The highest BCUT2D eigenvalue weighted by Gasteiger charge is 2.28. The quantitative estimate of drug-likeness (QED) is 0.618. The summed E-state index contributed by atoms with van der Waals surface area (Å²) in [7, 11) is 1.69. The number of fused-ring (bicyclic) bond motifs is 1. The fourth-order valence-electron chi connectivity index (χ4n) is 4.62. The molecule has 1 aliphatic heterocycles. The Bertz CT molecular complexity index is 1040. The Morgan fingerprint density at radius 1 is 1.19 bits per heavy atom. The second-order valence-electron chi connectivity index (χ2n) is 8.28. The Hall–Kier alpha value is -2.86. The molecule has 0 saturated carbocycles. The van der Waals surface area contributed by atoms with Crippen LogP contribution in [0.5, 0.6) is 5.75 Å². The molecule has 1 amide bonds. The van der Waals surface area contributed by atoms with Gasteiger partial charge in [-0.05, 0) is 62.2 Å². The predicted molar refractivity (Wildman–Crippen MR) is 124 cm³/mol. The van der Waals surface area contributed by atoms with Crippen molar-refractivity contribution in [3.63, 3.8) is 0 Å². The maximum Gasteiger partial charge on any atom is 0.226 e. The lowest BCUT2D eigenvalue weighted by Crippen LogP contribution is -2.44. The van der Waals surface area contributed by atoms with Crippen molar-refractivity contribution in [3.05, 3.63) is 48.2 Å². The summed E-state index contributed by atoms with van der Waals surface area (Å²) in [5.41, 5.74) is 3.34. The van der Waals surface area contributed by atoms with Crippen molar-refractivity contribution in [2.75, 3.05) is 33.3 Å². The normalized spacial score (nSPS) is 17.1. The average molecular weight is 421 g/mol. The van der Waals surface area contributed by atoms with Gasteiger partial charge in [-0.25, -0.2) is 0 Å². The number of hydrogen-bond donors (Lipinski definition) is 1. The molecule has 6 heteroatoms. The SMILES string of the molecule is CCN(CC)C(=O)[C@@H]1CCCN(Cc2cn[nH]c2-c2ccc3cc(OC)ccc3c2)C1. The molecule has 1 fully saturated rings. The molecule has 164 valence electrons. The van der Waals surface area contributed by atoms with E-state index in [1.54, 1.807) is 7.11 Å². The molecule has 31 heavy (non-hydrogen) atoms. The lowest BCUT2D eigenvalue weighted by molar-refractivity contribution is -0.137. The van der Waals surface area contributed by atoms with Gasteiger partial charge in [0.05, 0.1) is 24.9 Å². The van der Waals surface area contributed by atoms with Gasteiger partial charge < -0.3 is 9.64 Å². The summed E-state index contributed by atoms with van der Waals surface area (Å²) in [5, 5.41) is 9.85. The van der Waals surface area contributed by atoms with Crippen molar-refractivity contribution in [2.24, 2.45) is 5.92 Å². The van der Waals surface area contributed by atoms with Crippen molar-refractivity contribution >= 4 is 16.7 Å². The Kier molecular flexibility index (Phi) is 6.56. The monoisotopic (exact) mass is 420 g/mol. The van der Waals surface area contributed by atoms with Crippen LogP contribution in [0.25, 0.3) is 22.0 Å². The molecule has 0 aliphatic carbocycles. The third kappa shape index (κ3) is 4.59. The van der Waals surface area contributed by atoms with Crippen molar-refractivity contribution in [1.82, 2.24) is 20.0 Å². The first-order valence-corrected chi connectivity index (χ1v) is 11.2. The van der Waals surface area contributed by atoms with Gasteiger partial charge in [-0.15, -0.1) is 0 Å². The fraction of sp³-hybridized carbons (Fsp3) is 0.440. The van der Waals surface area contributed by atoms with Crippen LogP contribution in [-0.4, -0.2) is 59.2 Å². The number of likely N-dealkylation sites (tertiary alicyclic amines) is 1. The van der Waals surface area contributed by atoms with Crippen LogP contribution >= 0.6 is 0 Å². The van der Waals surface area contributed by atoms with E-state index in [1.807, 2.05) is 23.2 Å². The molecule has 3 aromatic rings. The number of nitrogens with one attached hydrogen (secondary N) is 1. The number of ether oxygens (including phenoxy) is 1. The minimum absolute atomic E-state index is 0.0969. The molecule has 0 radical (unpaired) electrons. The van der Waals surface area contributed by atoms with Crippen molar-refractivity contribution < 1.29 is 9.53 Å². The van der Waals surface area contributed by atoms with E-state index in [1.165, 1.54) is 10.9 Å². The van der Waals surface area contributed by atoms with E-state index < -0.39 is 0 Å². The second kappa shape index (κ2) is 9.52. The summed E-state index contributed by atoms with van der Waals surface area (Å²) in [5.74, 6) is 1.26. The van der Waals surface area contributed by atoms with Gasteiger partial charge in [0.25, 0.3) is 0 Å². The molecular formula is C25H32N4O2. The van der Waals surface area contributed by atoms with Gasteiger partial charge in [0.1, 0.15) is 5.75 Å². The van der Waals surface area contributed by atoms with E-state index in [-0.39, 0.29) is 5.92 Å². The molecule has 1 atom stereocenters. The molecule has 1 N–H and O–H groups in total. The summed E-state index contributed by atoms with van der Waals surface area (Å²) in [4.78, 5) is 17.2. The zero-order valence-corrected chi connectivity index (χ0v) is 18.7. The van der Waals surface area contributed by atoms with E-state index in [9.17, 15) is 4.79 Å². The average Bonchev–Trinajstić information content (AvgIpc) is 3.27. The number of amides is 1. The third-order valence-corrected chi connectivity index (χ3v) is 6.38. The molecule has 1 aromatic heterocycles. The molecule has 2 aromatic carbocycles. The molecule has 0 unspecified atom stereocenters. The number of nitrogens with zero attached hydrogens (tertiary/aromatic N) is 3. The molecule has 1 aliphatic rings. The highest BCUT2D eigenvalue weighted by molar-refractivity contribution is 5.88. The van der Waals surface area contributed by atoms with Crippen LogP contribution in [-0.2, 0) is 11.3 Å². The van der Waals surface area contributed by atoms with Gasteiger partial charge in [-0.1, -0.05) is 18.2 Å². The Labute approximate surface area is 184 Å². The second-order valence-corrected chi connectivity index (χ2v) is 8.28.